The second-order valence-corrected chi connectivity index (χ2v) is 8.26. The Morgan fingerprint density at radius 3 is 2.61 bits per heavy atom. The highest BCUT2D eigenvalue weighted by atomic mass is 79.9. The highest BCUT2D eigenvalue weighted by Gasteiger charge is 2.31. The summed E-state index contributed by atoms with van der Waals surface area (Å²) in [5.41, 5.74) is 2.63. The van der Waals surface area contributed by atoms with Gasteiger partial charge in [-0.25, -0.2) is 4.79 Å². The zero-order valence-corrected chi connectivity index (χ0v) is 16.9. The fraction of sp³-hybridized carbons (Fsp3) is 0.421. The van der Waals surface area contributed by atoms with Crippen molar-refractivity contribution in [1.29, 1.82) is 0 Å². The monoisotopic (exact) mass is 446 g/mol. The fourth-order valence-electron chi connectivity index (χ4n) is 3.93. The maximum Gasteiger partial charge on any atom is 0.407 e. The van der Waals surface area contributed by atoms with Crippen molar-refractivity contribution >= 4 is 50.0 Å². The van der Waals surface area contributed by atoms with E-state index in [0.717, 1.165) is 33.8 Å². The van der Waals surface area contributed by atoms with Crippen molar-refractivity contribution in [2.24, 2.45) is 0 Å². The molecule has 8 nitrogen and oxygen atoms in total. The SMILES string of the molecule is Cc1c(Br)ccc2c3oc(N4CCN(C(=O)O)CC4)nc3c(=O)n(C3CC3)c12. The number of piperazine rings is 1. The predicted molar refractivity (Wildman–Crippen MR) is 108 cm³/mol. The molecule has 1 aliphatic heterocycles. The van der Waals surface area contributed by atoms with E-state index >= 15 is 0 Å². The molecule has 1 N–H and O–H groups in total. The van der Waals surface area contributed by atoms with Crippen LogP contribution in [0.3, 0.4) is 0 Å². The van der Waals surface area contributed by atoms with E-state index in [2.05, 4.69) is 20.9 Å². The summed E-state index contributed by atoms with van der Waals surface area (Å²) >= 11 is 3.57. The first-order chi connectivity index (χ1) is 13.5. The molecule has 3 heterocycles. The third-order valence-corrected chi connectivity index (χ3v) is 6.48. The van der Waals surface area contributed by atoms with Gasteiger partial charge in [-0.15, -0.1) is 0 Å². The lowest BCUT2D eigenvalue weighted by atomic mass is 10.1. The molecule has 1 aliphatic carbocycles. The molecule has 1 saturated carbocycles. The van der Waals surface area contributed by atoms with Crippen molar-refractivity contribution in [3.05, 3.63) is 32.5 Å². The molecule has 28 heavy (non-hydrogen) atoms. The molecule has 146 valence electrons. The van der Waals surface area contributed by atoms with E-state index in [-0.39, 0.29) is 11.6 Å². The van der Waals surface area contributed by atoms with Gasteiger partial charge < -0.3 is 23.9 Å². The molecule has 0 spiro atoms. The minimum absolute atomic E-state index is 0.120. The Bertz CT molecular complexity index is 1170. The first-order valence-electron chi connectivity index (χ1n) is 9.32. The fourth-order valence-corrected chi connectivity index (χ4v) is 4.25. The Hall–Kier alpha value is -2.55. The number of aryl methyl sites for hydroxylation is 1. The van der Waals surface area contributed by atoms with Crippen LogP contribution in [0.5, 0.6) is 0 Å². The number of hydrogen-bond acceptors (Lipinski definition) is 5. The molecule has 0 atom stereocenters. The second-order valence-electron chi connectivity index (χ2n) is 7.41. The van der Waals surface area contributed by atoms with E-state index in [9.17, 15) is 9.59 Å². The molecule has 2 aliphatic rings. The summed E-state index contributed by atoms with van der Waals surface area (Å²) in [6, 6.07) is 4.52. The number of carbonyl (C=O) groups is 1. The standard InChI is InChI=1S/C19H19BrN4O4/c1-10-13(20)5-4-12-15(10)24(11-2-3-11)17(25)14-16(12)28-18(21-14)22-6-8-23(9-7-22)19(26)27/h4-5,11H,2-3,6-9H2,1H3,(H,26,27). The Morgan fingerprint density at radius 1 is 1.25 bits per heavy atom. The Balaban J connectivity index is 1.67. The first-order valence-corrected chi connectivity index (χ1v) is 10.1. The van der Waals surface area contributed by atoms with Gasteiger partial charge in [-0.3, -0.25) is 4.79 Å². The summed E-state index contributed by atoms with van der Waals surface area (Å²) in [6.07, 6.45) is 1.07. The summed E-state index contributed by atoms with van der Waals surface area (Å²) in [6.45, 7) is 3.73. The summed E-state index contributed by atoms with van der Waals surface area (Å²) in [4.78, 5) is 32.2. The average Bonchev–Trinajstić information content (AvgIpc) is 3.42. The van der Waals surface area contributed by atoms with Gasteiger partial charge >= 0.3 is 6.09 Å². The van der Waals surface area contributed by atoms with Gasteiger partial charge in [-0.1, -0.05) is 15.9 Å². The molecule has 0 bridgehead atoms. The summed E-state index contributed by atoms with van der Waals surface area (Å²) in [5, 5.41) is 10.0. The van der Waals surface area contributed by atoms with E-state index in [1.54, 1.807) is 0 Å². The lowest BCUT2D eigenvalue weighted by Gasteiger charge is -2.31. The van der Waals surface area contributed by atoms with Gasteiger partial charge in [0.2, 0.25) is 0 Å². The largest absolute Gasteiger partial charge is 0.465 e. The van der Waals surface area contributed by atoms with Crippen LogP contribution in [0, 0.1) is 6.92 Å². The van der Waals surface area contributed by atoms with Crippen molar-refractivity contribution in [2.45, 2.75) is 25.8 Å². The number of pyridine rings is 1. The van der Waals surface area contributed by atoms with Gasteiger partial charge in [0.25, 0.3) is 11.6 Å². The number of nitrogens with zero attached hydrogens (tertiary/aromatic N) is 4. The number of carboxylic acid groups (broad SMARTS) is 1. The van der Waals surface area contributed by atoms with Crippen LogP contribution in [0.4, 0.5) is 10.8 Å². The maximum atomic E-state index is 13.2. The molecule has 1 saturated heterocycles. The number of halogens is 1. The molecular weight excluding hydrogens is 428 g/mol. The van der Waals surface area contributed by atoms with Crippen molar-refractivity contribution in [2.75, 3.05) is 31.1 Å². The van der Waals surface area contributed by atoms with E-state index in [1.807, 2.05) is 28.5 Å². The number of benzene rings is 1. The highest BCUT2D eigenvalue weighted by Crippen LogP contribution is 2.40. The van der Waals surface area contributed by atoms with Crippen LogP contribution in [-0.2, 0) is 0 Å². The molecule has 9 heteroatoms. The molecule has 0 unspecified atom stereocenters. The Morgan fingerprint density at radius 2 is 1.96 bits per heavy atom. The number of amides is 1. The summed E-state index contributed by atoms with van der Waals surface area (Å²) in [7, 11) is 0. The topological polar surface area (TPSA) is 91.8 Å². The van der Waals surface area contributed by atoms with Crippen molar-refractivity contribution < 1.29 is 14.3 Å². The zero-order valence-electron chi connectivity index (χ0n) is 15.3. The van der Waals surface area contributed by atoms with E-state index in [0.29, 0.717) is 43.3 Å². The lowest BCUT2D eigenvalue weighted by Crippen LogP contribution is -2.48. The number of aromatic nitrogens is 2. The van der Waals surface area contributed by atoms with Crippen molar-refractivity contribution in [3.63, 3.8) is 0 Å². The van der Waals surface area contributed by atoms with E-state index < -0.39 is 6.09 Å². The third kappa shape index (κ3) is 2.60. The molecule has 1 amide bonds. The van der Waals surface area contributed by atoms with Gasteiger partial charge in [0.05, 0.1) is 5.52 Å². The van der Waals surface area contributed by atoms with Gasteiger partial charge in [-0.05, 0) is 37.5 Å². The highest BCUT2D eigenvalue weighted by molar-refractivity contribution is 9.10. The quantitative estimate of drug-likeness (QED) is 0.648. The van der Waals surface area contributed by atoms with Gasteiger partial charge in [0.15, 0.2) is 11.1 Å². The average molecular weight is 447 g/mol. The van der Waals surface area contributed by atoms with Crippen molar-refractivity contribution in [1.82, 2.24) is 14.5 Å². The summed E-state index contributed by atoms with van der Waals surface area (Å²) in [5.74, 6) is 0. The molecule has 2 aromatic heterocycles. The molecule has 5 rings (SSSR count). The molecular formula is C19H19BrN4O4. The number of hydrogen-bond donors (Lipinski definition) is 1. The number of oxazole rings is 1. The normalized spacial score (nSPS) is 17.6. The first kappa shape index (κ1) is 17.5. The van der Waals surface area contributed by atoms with Crippen LogP contribution in [0.25, 0.3) is 22.0 Å². The minimum Gasteiger partial charge on any atom is -0.465 e. The van der Waals surface area contributed by atoms with Crippen LogP contribution >= 0.6 is 15.9 Å². The molecule has 1 aromatic carbocycles. The van der Waals surface area contributed by atoms with Gasteiger partial charge in [0.1, 0.15) is 0 Å². The Labute approximate surface area is 168 Å². The predicted octanol–water partition coefficient (Wildman–Crippen LogP) is 3.35. The smallest absolute Gasteiger partial charge is 0.407 e. The minimum atomic E-state index is -0.920. The molecule has 0 radical (unpaired) electrons. The number of anilines is 1. The maximum absolute atomic E-state index is 13.2. The Kier molecular flexibility index (Phi) is 3.90. The second kappa shape index (κ2) is 6.23. The van der Waals surface area contributed by atoms with E-state index in [4.69, 9.17) is 9.52 Å². The number of rotatable bonds is 2. The summed E-state index contributed by atoms with van der Waals surface area (Å²) < 4.78 is 8.89. The lowest BCUT2D eigenvalue weighted by molar-refractivity contribution is 0.142. The van der Waals surface area contributed by atoms with Crippen LogP contribution in [0.1, 0.15) is 24.4 Å². The zero-order chi connectivity index (χ0) is 19.6. The van der Waals surface area contributed by atoms with Gasteiger partial charge in [-0.2, -0.15) is 4.98 Å². The van der Waals surface area contributed by atoms with E-state index in [1.165, 1.54) is 4.90 Å². The third-order valence-electron chi connectivity index (χ3n) is 5.62. The van der Waals surface area contributed by atoms with Crippen molar-refractivity contribution in [3.8, 4) is 0 Å². The van der Waals surface area contributed by atoms with Crippen LogP contribution in [0.2, 0.25) is 0 Å². The molecule has 3 aromatic rings. The number of fused-ring (bicyclic) bond motifs is 3. The van der Waals surface area contributed by atoms with Crippen LogP contribution in [-0.4, -0.2) is 51.8 Å². The van der Waals surface area contributed by atoms with Crippen LogP contribution < -0.4 is 10.5 Å². The van der Waals surface area contributed by atoms with Crippen LogP contribution in [0.15, 0.2) is 25.8 Å². The van der Waals surface area contributed by atoms with Gasteiger partial charge in [0, 0.05) is 42.1 Å². The molecule has 2 fully saturated rings.